The van der Waals surface area contributed by atoms with Gasteiger partial charge in [0.05, 0.1) is 13.2 Å². The second-order valence-electron chi connectivity index (χ2n) is 2.37. The van der Waals surface area contributed by atoms with E-state index in [-0.39, 0.29) is 19.2 Å². The minimum atomic E-state index is -3.54. The number of carbonyl (C=O) groups excluding carboxylic acids is 1. The van der Waals surface area contributed by atoms with E-state index in [0.29, 0.717) is 0 Å². The standard InChI is InChI=1S/C9H15O4P/c1-3-5-7-12-14(11,9-10)13-8-6-4-2/h3-6,9H,7-8H2,1-2H3. The van der Waals surface area contributed by atoms with Crippen molar-refractivity contribution in [3.05, 3.63) is 24.3 Å². The third-order valence-electron chi connectivity index (χ3n) is 1.30. The molecule has 0 aromatic rings. The highest BCUT2D eigenvalue weighted by Gasteiger charge is 2.22. The molecule has 0 aliphatic rings. The van der Waals surface area contributed by atoms with Crippen molar-refractivity contribution in [1.82, 2.24) is 0 Å². The lowest BCUT2D eigenvalue weighted by Gasteiger charge is -2.09. The zero-order valence-electron chi connectivity index (χ0n) is 8.38. The van der Waals surface area contributed by atoms with Crippen LogP contribution in [0.5, 0.6) is 0 Å². The van der Waals surface area contributed by atoms with E-state index in [1.54, 1.807) is 38.2 Å². The number of hydrogen-bond donors (Lipinski definition) is 0. The lowest BCUT2D eigenvalue weighted by Crippen LogP contribution is -1.97. The summed E-state index contributed by atoms with van der Waals surface area (Å²) in [6.45, 7) is 3.83. The third kappa shape index (κ3) is 5.86. The highest BCUT2D eigenvalue weighted by Crippen LogP contribution is 2.44. The van der Waals surface area contributed by atoms with Gasteiger partial charge in [-0.2, -0.15) is 0 Å². The van der Waals surface area contributed by atoms with Crippen molar-refractivity contribution in [3.8, 4) is 0 Å². The van der Waals surface area contributed by atoms with E-state index in [4.69, 9.17) is 9.05 Å². The summed E-state index contributed by atoms with van der Waals surface area (Å²) < 4.78 is 21.1. The van der Waals surface area contributed by atoms with Crippen LogP contribution in [0.4, 0.5) is 0 Å². The number of allylic oxidation sites excluding steroid dienone is 2. The minimum Gasteiger partial charge on any atom is -0.299 e. The van der Waals surface area contributed by atoms with E-state index in [1.165, 1.54) is 0 Å². The largest absolute Gasteiger partial charge is 0.394 e. The molecular weight excluding hydrogens is 203 g/mol. The van der Waals surface area contributed by atoms with Crippen molar-refractivity contribution in [2.24, 2.45) is 0 Å². The number of rotatable bonds is 7. The van der Waals surface area contributed by atoms with Gasteiger partial charge in [-0.25, -0.2) is 0 Å². The van der Waals surface area contributed by atoms with Crippen LogP contribution in [-0.2, 0) is 18.4 Å². The Labute approximate surface area is 84.1 Å². The highest BCUT2D eigenvalue weighted by molar-refractivity contribution is 7.69. The lowest BCUT2D eigenvalue weighted by molar-refractivity contribution is 0.248. The molecule has 0 atom stereocenters. The van der Waals surface area contributed by atoms with Gasteiger partial charge in [-0.15, -0.1) is 0 Å². The van der Waals surface area contributed by atoms with E-state index in [9.17, 15) is 9.36 Å². The van der Waals surface area contributed by atoms with E-state index >= 15 is 0 Å². The van der Waals surface area contributed by atoms with Crippen molar-refractivity contribution >= 4 is 13.6 Å². The van der Waals surface area contributed by atoms with Crippen LogP contribution in [-0.4, -0.2) is 19.2 Å². The van der Waals surface area contributed by atoms with Gasteiger partial charge in [0, 0.05) is 0 Å². The molecule has 0 aliphatic carbocycles. The Morgan fingerprint density at radius 2 is 1.50 bits per heavy atom. The fourth-order valence-electron chi connectivity index (χ4n) is 0.584. The van der Waals surface area contributed by atoms with Crippen LogP contribution in [0.25, 0.3) is 0 Å². The Kier molecular flexibility index (Phi) is 7.30. The van der Waals surface area contributed by atoms with Crippen LogP contribution < -0.4 is 0 Å². The summed E-state index contributed by atoms with van der Waals surface area (Å²) in [7, 11) is -3.54. The summed E-state index contributed by atoms with van der Waals surface area (Å²) in [5, 5.41) is 0. The van der Waals surface area contributed by atoms with Crippen molar-refractivity contribution in [3.63, 3.8) is 0 Å². The van der Waals surface area contributed by atoms with Gasteiger partial charge < -0.3 is 0 Å². The van der Waals surface area contributed by atoms with Gasteiger partial charge >= 0.3 is 7.60 Å². The predicted octanol–water partition coefficient (Wildman–Crippen LogP) is 2.56. The summed E-state index contributed by atoms with van der Waals surface area (Å²) in [6, 6.07) is 0.222. The maximum absolute atomic E-state index is 11.5. The molecular formula is C9H15O4P. The van der Waals surface area contributed by atoms with E-state index in [0.717, 1.165) is 0 Å². The molecule has 80 valence electrons. The molecule has 0 aliphatic heterocycles. The first-order valence-corrected chi connectivity index (χ1v) is 5.87. The van der Waals surface area contributed by atoms with Gasteiger partial charge in [0.15, 0.2) is 0 Å². The Morgan fingerprint density at radius 3 is 1.79 bits per heavy atom. The molecule has 0 bridgehead atoms. The second-order valence-corrected chi connectivity index (χ2v) is 4.18. The van der Waals surface area contributed by atoms with E-state index < -0.39 is 7.60 Å². The van der Waals surface area contributed by atoms with Crippen LogP contribution >= 0.6 is 7.60 Å². The minimum absolute atomic E-state index is 0.113. The Hall–Kier alpha value is -0.700. The zero-order chi connectivity index (χ0) is 10.9. The van der Waals surface area contributed by atoms with Crippen LogP contribution in [0.2, 0.25) is 0 Å². The average Bonchev–Trinajstić information content (AvgIpc) is 2.19. The molecule has 5 heteroatoms. The third-order valence-corrected chi connectivity index (χ3v) is 2.58. The van der Waals surface area contributed by atoms with E-state index in [2.05, 4.69) is 0 Å². The molecule has 14 heavy (non-hydrogen) atoms. The first-order chi connectivity index (χ1) is 6.68. The van der Waals surface area contributed by atoms with E-state index in [1.807, 2.05) is 0 Å². The maximum Gasteiger partial charge on any atom is 0.394 e. The molecule has 0 amide bonds. The fourth-order valence-corrected chi connectivity index (χ4v) is 1.37. The molecule has 0 spiro atoms. The Bertz CT molecular complexity index is 238. The smallest absolute Gasteiger partial charge is 0.299 e. The molecule has 0 unspecified atom stereocenters. The summed E-state index contributed by atoms with van der Waals surface area (Å²) in [5.41, 5.74) is 0. The van der Waals surface area contributed by atoms with Crippen molar-refractivity contribution in [2.75, 3.05) is 13.2 Å². The lowest BCUT2D eigenvalue weighted by atomic mass is 10.6. The van der Waals surface area contributed by atoms with Gasteiger partial charge in [-0.1, -0.05) is 24.3 Å². The summed E-state index contributed by atoms with van der Waals surface area (Å²) in [5.74, 6) is 0. The van der Waals surface area contributed by atoms with Crippen LogP contribution in [0.15, 0.2) is 24.3 Å². The molecule has 0 rings (SSSR count). The Balaban J connectivity index is 4.04. The molecule has 0 heterocycles. The molecule has 0 aromatic heterocycles. The quantitative estimate of drug-likeness (QED) is 0.374. The molecule has 0 aromatic carbocycles. The first-order valence-electron chi connectivity index (χ1n) is 4.26. The monoisotopic (exact) mass is 218 g/mol. The molecule has 0 saturated heterocycles. The second kappa shape index (κ2) is 7.68. The normalized spacial score (nSPS) is 16.1. The van der Waals surface area contributed by atoms with Crippen molar-refractivity contribution in [1.29, 1.82) is 0 Å². The van der Waals surface area contributed by atoms with Gasteiger partial charge in [-0.3, -0.25) is 18.4 Å². The van der Waals surface area contributed by atoms with Gasteiger partial charge in [0.25, 0.3) is 0 Å². The molecule has 0 fully saturated rings. The molecule has 0 saturated carbocycles. The number of carbonyl (C=O) groups is 1. The number of hydrogen-bond acceptors (Lipinski definition) is 4. The molecule has 0 radical (unpaired) electrons. The van der Waals surface area contributed by atoms with Crippen LogP contribution in [0.1, 0.15) is 13.8 Å². The summed E-state index contributed by atoms with van der Waals surface area (Å²) in [6.07, 6.45) is 6.77. The fraction of sp³-hybridized carbons (Fsp3) is 0.444. The summed E-state index contributed by atoms with van der Waals surface area (Å²) >= 11 is 0. The first kappa shape index (κ1) is 13.3. The molecule has 0 N–H and O–H groups in total. The maximum atomic E-state index is 11.5. The van der Waals surface area contributed by atoms with Gasteiger partial charge in [0.2, 0.25) is 6.03 Å². The van der Waals surface area contributed by atoms with Crippen LogP contribution in [0, 0.1) is 0 Å². The average molecular weight is 218 g/mol. The Morgan fingerprint density at radius 1 is 1.07 bits per heavy atom. The highest BCUT2D eigenvalue weighted by atomic mass is 31.2. The van der Waals surface area contributed by atoms with Gasteiger partial charge in [-0.05, 0) is 13.8 Å². The van der Waals surface area contributed by atoms with Crippen molar-refractivity contribution in [2.45, 2.75) is 13.8 Å². The van der Waals surface area contributed by atoms with Gasteiger partial charge in [0.1, 0.15) is 0 Å². The predicted molar refractivity (Wildman–Crippen MR) is 55.9 cm³/mol. The SMILES string of the molecule is CC=CCOP(=O)(C=O)OCC=CC. The van der Waals surface area contributed by atoms with Crippen LogP contribution in [0.3, 0.4) is 0 Å². The topological polar surface area (TPSA) is 52.6 Å². The zero-order valence-corrected chi connectivity index (χ0v) is 9.28. The molecule has 4 nitrogen and oxygen atoms in total. The summed E-state index contributed by atoms with van der Waals surface area (Å²) in [4.78, 5) is 10.5. The van der Waals surface area contributed by atoms with Crippen molar-refractivity contribution < 1.29 is 18.4 Å².